The highest BCUT2D eigenvalue weighted by Crippen LogP contribution is 2.53. The van der Waals surface area contributed by atoms with Crippen LogP contribution in [0.15, 0.2) is 11.6 Å². The second-order valence-corrected chi connectivity index (χ2v) is 11.6. The summed E-state index contributed by atoms with van der Waals surface area (Å²) in [5.74, 6) is -7.66. The Hall–Kier alpha value is -2.92. The van der Waals surface area contributed by atoms with Crippen molar-refractivity contribution in [1.29, 1.82) is 0 Å². The Morgan fingerprint density at radius 1 is 1.21 bits per heavy atom. The first-order chi connectivity index (χ1) is 18.0. The topological polar surface area (TPSA) is 135 Å². The number of carbonyl (C=O) groups is 3. The largest absolute Gasteiger partial charge is 0.507 e. The van der Waals surface area contributed by atoms with Crippen LogP contribution in [-0.4, -0.2) is 69.8 Å². The zero-order chi connectivity index (χ0) is 29.2. The Morgan fingerprint density at radius 2 is 1.85 bits per heavy atom. The van der Waals surface area contributed by atoms with Gasteiger partial charge in [-0.25, -0.2) is 0 Å². The maximum absolute atomic E-state index is 13.7. The van der Waals surface area contributed by atoms with Gasteiger partial charge >= 0.3 is 6.18 Å². The predicted octanol–water partition coefficient (Wildman–Crippen LogP) is 3.28. The van der Waals surface area contributed by atoms with E-state index in [9.17, 15) is 48.0 Å². The molecule has 8 nitrogen and oxygen atoms in total. The standard InChI is InChI=1S/C28H34F3NO7/c1-12(11-27(29,30)31)5-6-14-9-18(32(3)4)17-8-15-7-16-10-19(34)20(13(2)33)25(37)28(16,39)26(38)21(15)24(36)22(17)23(14)35/h9,12,15-16,19-20,34-36,39H,5-8,10-11H2,1-4H3/t12?,15-,16+,19?,20?,28-/m1/s1. The molecule has 0 spiro atoms. The number of benzene rings is 1. The lowest BCUT2D eigenvalue weighted by molar-refractivity contribution is -0.174. The quantitative estimate of drug-likeness (QED) is 0.394. The number of rotatable bonds is 6. The van der Waals surface area contributed by atoms with E-state index in [1.165, 1.54) is 6.92 Å². The molecule has 39 heavy (non-hydrogen) atoms. The molecule has 11 heteroatoms. The van der Waals surface area contributed by atoms with Crippen LogP contribution in [-0.2, 0) is 27.2 Å². The van der Waals surface area contributed by atoms with Crippen molar-refractivity contribution >= 4 is 28.8 Å². The van der Waals surface area contributed by atoms with E-state index in [2.05, 4.69) is 0 Å². The molecule has 3 aliphatic carbocycles. The van der Waals surface area contributed by atoms with Gasteiger partial charge in [-0.15, -0.1) is 0 Å². The molecule has 3 unspecified atom stereocenters. The van der Waals surface area contributed by atoms with Gasteiger partial charge in [-0.2, -0.15) is 13.2 Å². The predicted molar refractivity (Wildman–Crippen MR) is 135 cm³/mol. The third-order valence-electron chi connectivity index (χ3n) is 8.54. The average Bonchev–Trinajstić information content (AvgIpc) is 2.79. The summed E-state index contributed by atoms with van der Waals surface area (Å²) in [6.45, 7) is 2.56. The van der Waals surface area contributed by atoms with E-state index in [4.69, 9.17) is 0 Å². The fourth-order valence-corrected chi connectivity index (χ4v) is 6.65. The minimum atomic E-state index is -4.32. The van der Waals surface area contributed by atoms with Gasteiger partial charge in [-0.3, -0.25) is 14.4 Å². The molecular formula is C28H34F3NO7. The summed E-state index contributed by atoms with van der Waals surface area (Å²) < 4.78 is 38.4. The molecule has 0 radical (unpaired) electrons. The number of phenolic OH excluding ortho intramolecular Hbond substituents is 1. The van der Waals surface area contributed by atoms with Crippen LogP contribution in [0, 0.1) is 23.7 Å². The first kappa shape index (κ1) is 29.1. The molecule has 3 aliphatic rings. The third-order valence-corrected chi connectivity index (χ3v) is 8.54. The zero-order valence-electron chi connectivity index (χ0n) is 22.3. The van der Waals surface area contributed by atoms with Crippen LogP contribution in [0.1, 0.15) is 56.2 Å². The van der Waals surface area contributed by atoms with Crippen LogP contribution < -0.4 is 4.90 Å². The van der Waals surface area contributed by atoms with Gasteiger partial charge in [-0.05, 0) is 68.1 Å². The van der Waals surface area contributed by atoms with E-state index < -0.39 is 71.1 Å². The summed E-state index contributed by atoms with van der Waals surface area (Å²) in [5.41, 5.74) is -1.44. The second kappa shape index (κ2) is 9.92. The number of phenols is 1. The van der Waals surface area contributed by atoms with Gasteiger partial charge in [0.2, 0.25) is 5.78 Å². The van der Waals surface area contributed by atoms with Gasteiger partial charge in [-0.1, -0.05) is 6.92 Å². The van der Waals surface area contributed by atoms with Crippen LogP contribution in [0.3, 0.4) is 0 Å². The second-order valence-electron chi connectivity index (χ2n) is 11.6. The van der Waals surface area contributed by atoms with Gasteiger partial charge in [0.05, 0.1) is 11.7 Å². The number of ketones is 3. The van der Waals surface area contributed by atoms with Crippen molar-refractivity contribution in [1.82, 2.24) is 0 Å². The minimum absolute atomic E-state index is 0.0484. The molecule has 1 aromatic rings. The number of aromatic hydroxyl groups is 1. The van der Waals surface area contributed by atoms with Crippen molar-refractivity contribution in [2.24, 2.45) is 23.7 Å². The average molecular weight is 554 g/mol. The molecule has 0 aliphatic heterocycles. The van der Waals surface area contributed by atoms with Crippen LogP contribution in [0.4, 0.5) is 18.9 Å². The van der Waals surface area contributed by atoms with Crippen LogP contribution in [0.25, 0.3) is 5.76 Å². The number of aliphatic hydroxyl groups is 3. The molecule has 0 saturated heterocycles. The van der Waals surface area contributed by atoms with E-state index in [1.807, 2.05) is 0 Å². The molecule has 0 bridgehead atoms. The number of anilines is 1. The van der Waals surface area contributed by atoms with Crippen LogP contribution in [0.2, 0.25) is 0 Å². The number of hydrogen-bond donors (Lipinski definition) is 4. The van der Waals surface area contributed by atoms with E-state index in [1.54, 1.807) is 25.1 Å². The Bertz CT molecular complexity index is 1250. The summed E-state index contributed by atoms with van der Waals surface area (Å²) >= 11 is 0. The van der Waals surface area contributed by atoms with Gasteiger partial charge in [0.25, 0.3) is 0 Å². The molecule has 0 heterocycles. The third kappa shape index (κ3) is 4.84. The van der Waals surface area contributed by atoms with Gasteiger partial charge in [0, 0.05) is 37.7 Å². The maximum Gasteiger partial charge on any atom is 0.389 e. The number of alkyl halides is 3. The highest BCUT2D eigenvalue weighted by Gasteiger charge is 2.63. The fraction of sp³-hybridized carbons (Fsp3) is 0.607. The van der Waals surface area contributed by atoms with E-state index in [0.29, 0.717) is 16.8 Å². The number of aryl methyl sites for hydroxylation is 1. The highest BCUT2D eigenvalue weighted by molar-refractivity contribution is 6.24. The van der Waals surface area contributed by atoms with E-state index in [0.717, 1.165) is 6.92 Å². The molecule has 2 saturated carbocycles. The maximum atomic E-state index is 13.7. The van der Waals surface area contributed by atoms with Crippen LogP contribution in [0.5, 0.6) is 5.75 Å². The summed E-state index contributed by atoms with van der Waals surface area (Å²) in [7, 11) is 3.48. The number of aliphatic hydroxyl groups excluding tert-OH is 2. The molecule has 4 rings (SSSR count). The summed E-state index contributed by atoms with van der Waals surface area (Å²) in [5, 5.41) is 44.4. The molecular weight excluding hydrogens is 519 g/mol. The molecule has 2 fully saturated rings. The lowest BCUT2D eigenvalue weighted by Crippen LogP contribution is -2.65. The molecule has 4 N–H and O–H groups in total. The number of Topliss-reactive ketones (excluding diaryl/α,β-unsaturated/α-hetero) is 3. The van der Waals surface area contributed by atoms with E-state index in [-0.39, 0.29) is 49.0 Å². The van der Waals surface area contributed by atoms with Crippen LogP contribution >= 0.6 is 0 Å². The molecule has 1 aromatic carbocycles. The summed E-state index contributed by atoms with van der Waals surface area (Å²) in [4.78, 5) is 40.7. The lowest BCUT2D eigenvalue weighted by atomic mass is 9.56. The van der Waals surface area contributed by atoms with Crippen molar-refractivity contribution in [2.75, 3.05) is 19.0 Å². The van der Waals surface area contributed by atoms with Crippen molar-refractivity contribution in [2.45, 2.75) is 70.3 Å². The summed E-state index contributed by atoms with van der Waals surface area (Å²) in [6, 6.07) is 1.67. The fourth-order valence-electron chi connectivity index (χ4n) is 6.65. The lowest BCUT2D eigenvalue weighted by Gasteiger charge is -2.48. The normalized spacial score (nSPS) is 29.5. The van der Waals surface area contributed by atoms with Gasteiger partial charge in [0.15, 0.2) is 11.4 Å². The molecule has 214 valence electrons. The molecule has 6 atom stereocenters. The zero-order valence-corrected chi connectivity index (χ0v) is 22.3. The molecule has 0 aromatic heterocycles. The number of carbonyl (C=O) groups excluding carboxylic acids is 3. The first-order valence-electron chi connectivity index (χ1n) is 13.0. The Balaban J connectivity index is 1.79. The smallest absolute Gasteiger partial charge is 0.389 e. The SMILES string of the molecule is CC(=O)C1C(=O)[C@@]2(O)C(=O)C3=C(O)c4c(O)c(CCC(C)CC(F)(F)F)cc(N(C)C)c4C[C@H]3C[C@H]2CC1O. The number of halogens is 3. The molecule has 0 amide bonds. The van der Waals surface area contributed by atoms with Crippen molar-refractivity contribution in [3.05, 3.63) is 28.3 Å². The van der Waals surface area contributed by atoms with Crippen molar-refractivity contribution in [3.63, 3.8) is 0 Å². The monoisotopic (exact) mass is 553 g/mol. The number of nitrogens with zero attached hydrogens (tertiary/aromatic N) is 1. The Kier molecular flexibility index (Phi) is 7.40. The Labute approximate surface area is 224 Å². The van der Waals surface area contributed by atoms with Crippen molar-refractivity contribution < 1.29 is 48.0 Å². The summed E-state index contributed by atoms with van der Waals surface area (Å²) in [6.07, 6.45) is -6.32. The highest BCUT2D eigenvalue weighted by atomic mass is 19.4. The van der Waals surface area contributed by atoms with Crippen molar-refractivity contribution in [3.8, 4) is 5.75 Å². The minimum Gasteiger partial charge on any atom is -0.507 e. The number of hydrogen-bond acceptors (Lipinski definition) is 8. The van der Waals surface area contributed by atoms with Gasteiger partial charge < -0.3 is 25.3 Å². The Morgan fingerprint density at radius 3 is 2.41 bits per heavy atom. The first-order valence-corrected chi connectivity index (χ1v) is 13.0. The number of fused-ring (bicyclic) bond motifs is 3. The van der Waals surface area contributed by atoms with E-state index >= 15 is 0 Å². The van der Waals surface area contributed by atoms with Gasteiger partial charge in [0.1, 0.15) is 23.2 Å².